The molecule has 1 aliphatic heterocycles. The van der Waals surface area contributed by atoms with Crippen LogP contribution in [-0.2, 0) is 11.3 Å². The highest BCUT2D eigenvalue weighted by Crippen LogP contribution is 2.32. The molecule has 0 spiro atoms. The van der Waals surface area contributed by atoms with Crippen LogP contribution < -0.4 is 11.6 Å². The van der Waals surface area contributed by atoms with Gasteiger partial charge in [0.05, 0.1) is 28.5 Å². The minimum absolute atomic E-state index is 0.502. The van der Waals surface area contributed by atoms with Crippen molar-refractivity contribution >= 4 is 27.8 Å². The number of ether oxygens (including phenoxy) is 1. The lowest BCUT2D eigenvalue weighted by atomic mass is 10.0. The minimum Gasteiger partial charge on any atom is -0.401 e. The zero-order chi connectivity index (χ0) is 21.4. The van der Waals surface area contributed by atoms with E-state index in [9.17, 15) is 5.11 Å². The van der Waals surface area contributed by atoms with Gasteiger partial charge in [-0.2, -0.15) is 0 Å². The van der Waals surface area contributed by atoms with Crippen molar-refractivity contribution < 1.29 is 9.84 Å². The number of hydrazine groups is 1. The van der Waals surface area contributed by atoms with Gasteiger partial charge in [0.15, 0.2) is 0 Å². The van der Waals surface area contributed by atoms with Crippen LogP contribution in [0.3, 0.4) is 0 Å². The van der Waals surface area contributed by atoms with Crippen LogP contribution >= 0.6 is 0 Å². The number of rotatable bonds is 5. The second-order valence-corrected chi connectivity index (χ2v) is 8.18. The van der Waals surface area contributed by atoms with E-state index in [0.717, 1.165) is 65.9 Å². The molecule has 8 nitrogen and oxygen atoms in total. The van der Waals surface area contributed by atoms with Crippen LogP contribution in [-0.4, -0.2) is 44.9 Å². The van der Waals surface area contributed by atoms with Gasteiger partial charge in [-0.05, 0) is 50.8 Å². The first-order chi connectivity index (χ1) is 14.4. The third-order valence-electron chi connectivity index (χ3n) is 5.78. The summed E-state index contributed by atoms with van der Waals surface area (Å²) < 4.78 is 7.76. The molecular weight excluding hydrogens is 380 g/mol. The maximum atomic E-state index is 10.1. The summed E-state index contributed by atoms with van der Waals surface area (Å²) in [6, 6.07) is 5.95. The normalized spacial score (nSPS) is 17.4. The summed E-state index contributed by atoms with van der Waals surface area (Å²) in [5, 5.41) is 12.6. The van der Waals surface area contributed by atoms with Crippen LogP contribution in [0.15, 0.2) is 30.1 Å². The SMILES string of the molecule is C/C(N)=C(\c1cnc2c3ccc(C(C)O)nc3n(CC3CCOCC3)c2c1)N(C)N. The molecule has 1 atom stereocenters. The van der Waals surface area contributed by atoms with E-state index in [1.54, 1.807) is 20.2 Å². The molecule has 1 unspecified atom stereocenters. The Bertz CT molecular complexity index is 1090. The highest BCUT2D eigenvalue weighted by molar-refractivity contribution is 6.04. The third-order valence-corrected chi connectivity index (χ3v) is 5.78. The van der Waals surface area contributed by atoms with Crippen molar-refractivity contribution in [3.05, 3.63) is 41.4 Å². The maximum Gasteiger partial charge on any atom is 0.143 e. The molecule has 160 valence electrons. The van der Waals surface area contributed by atoms with E-state index >= 15 is 0 Å². The Labute approximate surface area is 176 Å². The number of allylic oxidation sites excluding steroid dienone is 1. The molecule has 8 heteroatoms. The predicted octanol–water partition coefficient (Wildman–Crippen LogP) is 2.52. The summed E-state index contributed by atoms with van der Waals surface area (Å²) in [4.78, 5) is 9.56. The molecule has 0 bridgehead atoms. The van der Waals surface area contributed by atoms with Crippen molar-refractivity contribution in [2.75, 3.05) is 20.3 Å². The van der Waals surface area contributed by atoms with Crippen LogP contribution in [0.2, 0.25) is 0 Å². The summed E-state index contributed by atoms with van der Waals surface area (Å²) in [7, 11) is 1.77. The highest BCUT2D eigenvalue weighted by Gasteiger charge is 2.21. The molecule has 4 rings (SSSR count). The topological polar surface area (TPSA) is 115 Å². The van der Waals surface area contributed by atoms with Gasteiger partial charge in [0, 0.05) is 49.6 Å². The summed E-state index contributed by atoms with van der Waals surface area (Å²) in [5.41, 5.74) is 11.7. The van der Waals surface area contributed by atoms with E-state index in [1.165, 1.54) is 5.01 Å². The van der Waals surface area contributed by atoms with Crippen molar-refractivity contribution in [1.29, 1.82) is 0 Å². The van der Waals surface area contributed by atoms with E-state index in [0.29, 0.717) is 17.3 Å². The van der Waals surface area contributed by atoms with E-state index in [-0.39, 0.29) is 0 Å². The molecule has 0 saturated carbocycles. The molecule has 1 fully saturated rings. The summed E-state index contributed by atoms with van der Waals surface area (Å²) >= 11 is 0. The molecular formula is C22H30N6O2. The first-order valence-corrected chi connectivity index (χ1v) is 10.4. The highest BCUT2D eigenvalue weighted by atomic mass is 16.5. The molecule has 3 aromatic rings. The van der Waals surface area contributed by atoms with E-state index in [2.05, 4.69) is 10.6 Å². The smallest absolute Gasteiger partial charge is 0.143 e. The number of hydrogen-bond donors (Lipinski definition) is 3. The average molecular weight is 411 g/mol. The van der Waals surface area contributed by atoms with Crippen LogP contribution in [0.5, 0.6) is 0 Å². The number of fused-ring (bicyclic) bond motifs is 3. The molecule has 0 radical (unpaired) electrons. The lowest BCUT2D eigenvalue weighted by Gasteiger charge is -2.23. The maximum absolute atomic E-state index is 10.1. The standard InChI is InChI=1S/C22H30N6O2/c1-13(23)21(27(3)24)16-10-19-20(25-11-16)17-4-5-18(14(2)29)26-22(17)28(19)12-15-6-8-30-9-7-15/h4-5,10-11,14-15,29H,6-9,12,23-24H2,1-3H3/b21-13-. The summed E-state index contributed by atoms with van der Waals surface area (Å²) in [6.07, 6.45) is 3.21. The quantitative estimate of drug-likeness (QED) is 0.437. The molecule has 4 heterocycles. The fourth-order valence-corrected chi connectivity index (χ4v) is 4.28. The number of nitrogens with zero attached hydrogens (tertiary/aromatic N) is 4. The molecule has 0 aromatic carbocycles. The Morgan fingerprint density at radius 1 is 1.37 bits per heavy atom. The molecule has 0 amide bonds. The van der Waals surface area contributed by atoms with Crippen molar-refractivity contribution in [3.63, 3.8) is 0 Å². The number of pyridine rings is 2. The van der Waals surface area contributed by atoms with Gasteiger partial charge in [0.25, 0.3) is 0 Å². The van der Waals surface area contributed by atoms with Gasteiger partial charge < -0.3 is 25.2 Å². The van der Waals surface area contributed by atoms with Crippen LogP contribution in [0, 0.1) is 5.92 Å². The van der Waals surface area contributed by atoms with Crippen LogP contribution in [0.4, 0.5) is 0 Å². The Morgan fingerprint density at radius 3 is 2.73 bits per heavy atom. The fraction of sp³-hybridized carbons (Fsp3) is 0.455. The molecule has 1 aliphatic rings. The zero-order valence-corrected chi connectivity index (χ0v) is 17.8. The van der Waals surface area contributed by atoms with E-state index in [1.807, 2.05) is 19.1 Å². The Kier molecular flexibility index (Phi) is 5.64. The van der Waals surface area contributed by atoms with Gasteiger partial charge >= 0.3 is 0 Å². The molecule has 1 saturated heterocycles. The van der Waals surface area contributed by atoms with Crippen molar-refractivity contribution in [1.82, 2.24) is 19.5 Å². The molecule has 0 aliphatic carbocycles. The largest absolute Gasteiger partial charge is 0.401 e. The molecule has 3 aromatic heterocycles. The number of aliphatic hydroxyl groups is 1. The number of nitrogens with two attached hydrogens (primary N) is 2. The summed E-state index contributed by atoms with van der Waals surface area (Å²) in [5.74, 6) is 6.54. The fourth-order valence-electron chi connectivity index (χ4n) is 4.28. The van der Waals surface area contributed by atoms with Gasteiger partial charge in [0.2, 0.25) is 0 Å². The van der Waals surface area contributed by atoms with Crippen molar-refractivity contribution in [3.8, 4) is 0 Å². The molecule has 30 heavy (non-hydrogen) atoms. The molecule has 5 N–H and O–H groups in total. The monoisotopic (exact) mass is 410 g/mol. The second-order valence-electron chi connectivity index (χ2n) is 8.18. The first kappa shape index (κ1) is 20.6. The van der Waals surface area contributed by atoms with Crippen molar-refractivity contribution in [2.45, 2.75) is 39.3 Å². The number of aromatic nitrogens is 3. The van der Waals surface area contributed by atoms with E-state index in [4.69, 9.17) is 26.3 Å². The van der Waals surface area contributed by atoms with Gasteiger partial charge in [-0.1, -0.05) is 0 Å². The summed E-state index contributed by atoms with van der Waals surface area (Å²) in [6.45, 7) is 5.96. The lowest BCUT2D eigenvalue weighted by Crippen LogP contribution is -2.26. The number of hydrogen-bond acceptors (Lipinski definition) is 7. The minimum atomic E-state index is -0.632. The third kappa shape index (κ3) is 3.74. The van der Waals surface area contributed by atoms with Gasteiger partial charge in [0.1, 0.15) is 5.65 Å². The average Bonchev–Trinajstić information content (AvgIpc) is 3.01. The first-order valence-electron chi connectivity index (χ1n) is 10.4. The van der Waals surface area contributed by atoms with Gasteiger partial charge in [-0.15, -0.1) is 0 Å². The number of aliphatic hydroxyl groups excluding tert-OH is 1. The van der Waals surface area contributed by atoms with Crippen LogP contribution in [0.1, 0.15) is 44.1 Å². The van der Waals surface area contributed by atoms with Crippen molar-refractivity contribution in [2.24, 2.45) is 17.5 Å². The Morgan fingerprint density at radius 2 is 2.10 bits per heavy atom. The van der Waals surface area contributed by atoms with Crippen LogP contribution in [0.25, 0.3) is 27.8 Å². The Hall–Kier alpha value is -2.68. The zero-order valence-electron chi connectivity index (χ0n) is 17.8. The Balaban J connectivity index is 1.94. The lowest BCUT2D eigenvalue weighted by molar-refractivity contribution is 0.0619. The second kappa shape index (κ2) is 8.22. The van der Waals surface area contributed by atoms with Gasteiger partial charge in [-0.3, -0.25) is 4.98 Å². The van der Waals surface area contributed by atoms with Gasteiger partial charge in [-0.25, -0.2) is 10.8 Å². The van der Waals surface area contributed by atoms with E-state index < -0.39 is 6.10 Å². The predicted molar refractivity (Wildman–Crippen MR) is 118 cm³/mol.